The van der Waals surface area contributed by atoms with Crippen molar-refractivity contribution < 1.29 is 5.11 Å². The lowest BCUT2D eigenvalue weighted by molar-refractivity contribution is 0.183. The van der Waals surface area contributed by atoms with Gasteiger partial charge < -0.3 is 5.11 Å². The number of aryl methyl sites for hydroxylation is 1. The molecule has 1 aliphatic rings. The van der Waals surface area contributed by atoms with Gasteiger partial charge in [0.15, 0.2) is 0 Å². The molecule has 0 unspecified atom stereocenters. The minimum atomic E-state index is 0.267. The van der Waals surface area contributed by atoms with E-state index in [0.717, 1.165) is 25.6 Å². The molecule has 1 aliphatic carbocycles. The number of aliphatic hydroxyl groups is 1. The first-order valence-electron chi connectivity index (χ1n) is 6.26. The predicted molar refractivity (Wildman–Crippen MR) is 66.3 cm³/mol. The third kappa shape index (κ3) is 3.06. The maximum absolute atomic E-state index is 9.03. The lowest BCUT2D eigenvalue weighted by Crippen LogP contribution is -2.28. The van der Waals surface area contributed by atoms with Crippen LogP contribution in [-0.4, -0.2) is 29.2 Å². The average Bonchev–Trinajstić information content (AvgIpc) is 3.13. The zero-order chi connectivity index (χ0) is 11.4. The van der Waals surface area contributed by atoms with Gasteiger partial charge in [-0.25, -0.2) is 0 Å². The van der Waals surface area contributed by atoms with Crippen molar-refractivity contribution >= 4 is 0 Å². The van der Waals surface area contributed by atoms with E-state index in [9.17, 15) is 0 Å². The zero-order valence-electron chi connectivity index (χ0n) is 10.0. The molecule has 0 bridgehead atoms. The Morgan fingerprint density at radius 3 is 2.31 bits per heavy atom. The first-order valence-corrected chi connectivity index (χ1v) is 6.26. The smallest absolute Gasteiger partial charge is 0.0558 e. The van der Waals surface area contributed by atoms with Crippen molar-refractivity contribution in [2.45, 2.75) is 38.8 Å². The summed E-state index contributed by atoms with van der Waals surface area (Å²) >= 11 is 0. The molecule has 0 atom stereocenters. The van der Waals surface area contributed by atoms with Crippen molar-refractivity contribution in [3.63, 3.8) is 0 Å². The number of hydrogen-bond donors (Lipinski definition) is 1. The van der Waals surface area contributed by atoms with E-state index in [4.69, 9.17) is 5.11 Å². The zero-order valence-corrected chi connectivity index (χ0v) is 10.0. The number of nitrogens with zero attached hydrogens (tertiary/aromatic N) is 1. The van der Waals surface area contributed by atoms with Gasteiger partial charge in [0, 0.05) is 19.1 Å². The second-order valence-electron chi connectivity index (χ2n) is 4.60. The van der Waals surface area contributed by atoms with Crippen molar-refractivity contribution in [1.29, 1.82) is 0 Å². The fraction of sp³-hybridized carbons (Fsp3) is 0.571. The van der Waals surface area contributed by atoms with Gasteiger partial charge in [-0.15, -0.1) is 0 Å². The maximum Gasteiger partial charge on any atom is 0.0558 e. The molecule has 0 heterocycles. The van der Waals surface area contributed by atoms with E-state index < -0.39 is 0 Å². The van der Waals surface area contributed by atoms with Crippen LogP contribution < -0.4 is 0 Å². The fourth-order valence-corrected chi connectivity index (χ4v) is 2.07. The Balaban J connectivity index is 1.94. The molecular formula is C14H21NO. The molecule has 0 aromatic heterocycles. The van der Waals surface area contributed by atoms with Crippen LogP contribution in [0.5, 0.6) is 0 Å². The third-order valence-corrected chi connectivity index (χ3v) is 3.27. The molecule has 1 N–H and O–H groups in total. The average molecular weight is 219 g/mol. The van der Waals surface area contributed by atoms with Crippen LogP contribution in [0.4, 0.5) is 0 Å². The molecule has 0 saturated heterocycles. The Morgan fingerprint density at radius 1 is 1.19 bits per heavy atom. The molecular weight excluding hydrogens is 198 g/mol. The molecule has 0 amide bonds. The first-order chi connectivity index (χ1) is 7.83. The van der Waals surface area contributed by atoms with E-state index in [1.165, 1.54) is 24.0 Å². The molecule has 1 aromatic rings. The molecule has 1 fully saturated rings. The summed E-state index contributed by atoms with van der Waals surface area (Å²) in [6.45, 7) is 4.23. The van der Waals surface area contributed by atoms with Crippen LogP contribution in [0.3, 0.4) is 0 Å². The molecule has 2 nitrogen and oxygen atoms in total. The van der Waals surface area contributed by atoms with Crippen LogP contribution in [-0.2, 0) is 13.0 Å². The third-order valence-electron chi connectivity index (χ3n) is 3.27. The van der Waals surface area contributed by atoms with E-state index in [1.54, 1.807) is 0 Å². The largest absolute Gasteiger partial charge is 0.395 e. The van der Waals surface area contributed by atoms with Gasteiger partial charge in [-0.1, -0.05) is 31.2 Å². The topological polar surface area (TPSA) is 23.5 Å². The van der Waals surface area contributed by atoms with Crippen molar-refractivity contribution in [3.05, 3.63) is 35.4 Å². The Kier molecular flexibility index (Phi) is 3.97. The highest BCUT2D eigenvalue weighted by atomic mass is 16.3. The second-order valence-corrected chi connectivity index (χ2v) is 4.60. The Bertz CT molecular complexity index is 316. The van der Waals surface area contributed by atoms with E-state index in [1.807, 2.05) is 0 Å². The van der Waals surface area contributed by atoms with Crippen molar-refractivity contribution in [2.75, 3.05) is 13.2 Å². The summed E-state index contributed by atoms with van der Waals surface area (Å²) in [6.07, 6.45) is 3.70. The minimum absolute atomic E-state index is 0.267. The van der Waals surface area contributed by atoms with Crippen LogP contribution in [0.2, 0.25) is 0 Å². The molecule has 16 heavy (non-hydrogen) atoms. The van der Waals surface area contributed by atoms with E-state index in [-0.39, 0.29) is 6.61 Å². The van der Waals surface area contributed by atoms with Gasteiger partial charge in [0.05, 0.1) is 6.61 Å². The molecule has 1 saturated carbocycles. The van der Waals surface area contributed by atoms with Gasteiger partial charge in [-0.2, -0.15) is 0 Å². The standard InChI is InChI=1S/C14H21NO/c1-2-12-3-5-13(6-4-12)11-15(9-10-16)14-7-8-14/h3-6,14,16H,2,7-11H2,1H3. The summed E-state index contributed by atoms with van der Waals surface area (Å²) in [4.78, 5) is 2.39. The van der Waals surface area contributed by atoms with Crippen molar-refractivity contribution in [2.24, 2.45) is 0 Å². The lowest BCUT2D eigenvalue weighted by Gasteiger charge is -2.20. The Hall–Kier alpha value is -0.860. The molecule has 1 aromatic carbocycles. The number of rotatable bonds is 6. The second kappa shape index (κ2) is 5.46. The van der Waals surface area contributed by atoms with E-state index >= 15 is 0 Å². The van der Waals surface area contributed by atoms with Gasteiger partial charge in [-0.3, -0.25) is 4.90 Å². The highest BCUT2D eigenvalue weighted by Gasteiger charge is 2.28. The van der Waals surface area contributed by atoms with Crippen LogP contribution >= 0.6 is 0 Å². The molecule has 2 heteroatoms. The predicted octanol–water partition coefficient (Wildman–Crippen LogP) is 2.21. The SMILES string of the molecule is CCc1ccc(CN(CCO)C2CC2)cc1. The van der Waals surface area contributed by atoms with Crippen molar-refractivity contribution in [1.82, 2.24) is 4.90 Å². The van der Waals surface area contributed by atoms with E-state index in [0.29, 0.717) is 0 Å². The summed E-state index contributed by atoms with van der Waals surface area (Å²) in [5.74, 6) is 0. The van der Waals surface area contributed by atoms with E-state index in [2.05, 4.69) is 36.1 Å². The molecule has 0 spiro atoms. The monoisotopic (exact) mass is 219 g/mol. The molecule has 2 rings (SSSR count). The highest BCUT2D eigenvalue weighted by molar-refractivity contribution is 5.22. The summed E-state index contributed by atoms with van der Waals surface area (Å²) in [6, 6.07) is 9.56. The van der Waals surface area contributed by atoms with Crippen LogP contribution in [0.15, 0.2) is 24.3 Å². The summed E-state index contributed by atoms with van der Waals surface area (Å²) in [7, 11) is 0. The number of hydrogen-bond acceptors (Lipinski definition) is 2. The van der Waals surface area contributed by atoms with Crippen molar-refractivity contribution in [3.8, 4) is 0 Å². The quantitative estimate of drug-likeness (QED) is 0.793. The minimum Gasteiger partial charge on any atom is -0.395 e. The van der Waals surface area contributed by atoms with Crippen LogP contribution in [0, 0.1) is 0 Å². The highest BCUT2D eigenvalue weighted by Crippen LogP contribution is 2.27. The normalized spacial score (nSPS) is 15.7. The van der Waals surface area contributed by atoms with Gasteiger partial charge >= 0.3 is 0 Å². The van der Waals surface area contributed by atoms with Gasteiger partial charge in [0.2, 0.25) is 0 Å². The number of aliphatic hydroxyl groups excluding tert-OH is 1. The first kappa shape index (κ1) is 11.6. The summed E-state index contributed by atoms with van der Waals surface area (Å²) in [5, 5.41) is 9.03. The maximum atomic E-state index is 9.03. The fourth-order valence-electron chi connectivity index (χ4n) is 2.07. The van der Waals surface area contributed by atoms with Crippen LogP contribution in [0.1, 0.15) is 30.9 Å². The summed E-state index contributed by atoms with van der Waals surface area (Å²) in [5.41, 5.74) is 2.75. The lowest BCUT2D eigenvalue weighted by atomic mass is 10.1. The molecule has 0 aliphatic heterocycles. The van der Waals surface area contributed by atoms with Gasteiger partial charge in [0.1, 0.15) is 0 Å². The Morgan fingerprint density at radius 2 is 1.81 bits per heavy atom. The van der Waals surface area contributed by atoms with Gasteiger partial charge in [-0.05, 0) is 30.4 Å². The van der Waals surface area contributed by atoms with Crippen LogP contribution in [0.25, 0.3) is 0 Å². The molecule has 0 radical (unpaired) electrons. The number of benzene rings is 1. The molecule has 88 valence electrons. The summed E-state index contributed by atoms with van der Waals surface area (Å²) < 4.78 is 0. The Labute approximate surface area is 97.9 Å². The van der Waals surface area contributed by atoms with Gasteiger partial charge in [0.25, 0.3) is 0 Å².